The van der Waals surface area contributed by atoms with Gasteiger partial charge in [0, 0.05) is 0 Å². The van der Waals surface area contributed by atoms with Crippen LogP contribution in [-0.2, 0) is 27.6 Å². The van der Waals surface area contributed by atoms with Gasteiger partial charge in [0.25, 0.3) is 0 Å². The second kappa shape index (κ2) is 17.3. The van der Waals surface area contributed by atoms with Crippen LogP contribution in [-0.4, -0.2) is 35.5 Å². The molecule has 0 fully saturated rings. The zero-order chi connectivity index (χ0) is 17.7. The molecule has 0 aliphatic carbocycles. The Balaban J connectivity index is 0. The third kappa shape index (κ3) is 17.7. The van der Waals surface area contributed by atoms with E-state index in [1.165, 1.54) is 51.4 Å². The second-order valence-corrected chi connectivity index (χ2v) is 8.12. The van der Waals surface area contributed by atoms with Gasteiger partial charge in [-0.1, -0.05) is 40.0 Å². The molecular formula is C20H38NaO2Tc. The fraction of sp³-hybridized carbons (Fsp3) is 0.850. The van der Waals surface area contributed by atoms with E-state index in [0.29, 0.717) is 0 Å². The predicted octanol–water partition coefficient (Wildman–Crippen LogP) is 5.73. The van der Waals surface area contributed by atoms with Crippen LogP contribution in [0.2, 0.25) is 0 Å². The molecule has 0 rings (SSSR count). The van der Waals surface area contributed by atoms with Crippen molar-refractivity contribution in [2.45, 2.75) is 92.4 Å². The van der Waals surface area contributed by atoms with Crippen LogP contribution < -0.4 is 0 Å². The van der Waals surface area contributed by atoms with E-state index >= 15 is 0 Å². The van der Waals surface area contributed by atoms with Gasteiger partial charge >= 0.3 is 139 Å². The van der Waals surface area contributed by atoms with Crippen molar-refractivity contribution in [2.24, 2.45) is 17.8 Å². The first-order valence-electron chi connectivity index (χ1n) is 9.34. The fourth-order valence-corrected chi connectivity index (χ4v) is 3.11. The quantitative estimate of drug-likeness (QED) is 0.275. The van der Waals surface area contributed by atoms with Crippen molar-refractivity contribution in [3.63, 3.8) is 0 Å². The van der Waals surface area contributed by atoms with E-state index < -0.39 is 0 Å². The zero-order valence-electron chi connectivity index (χ0n) is 15.9. The number of allylic oxidation sites excluding steroid dienone is 1. The molecule has 0 saturated carbocycles. The summed E-state index contributed by atoms with van der Waals surface area (Å²) in [6.45, 7) is 11.4. The summed E-state index contributed by atoms with van der Waals surface area (Å²) in [4.78, 5) is 11.1. The monoisotopic (exact) mass is 430 g/mol. The summed E-state index contributed by atoms with van der Waals surface area (Å²) >= 11 is 1.63. The van der Waals surface area contributed by atoms with Gasteiger partial charge in [0.15, 0.2) is 0 Å². The van der Waals surface area contributed by atoms with Gasteiger partial charge in [-0.15, -0.1) is 0 Å². The van der Waals surface area contributed by atoms with Crippen LogP contribution >= 0.6 is 0 Å². The standard InChI is InChI=1S/C20H38O2.Na.Tc.H/c1-16(2)9-6-10-17(3)11-7-12-18(4)13-8-14-19(5)15-20(21)22;;;/h15-18H,6-14H2,1-5H3,(H,21,22);;;/q;;+1;/p-1/b19-15+;;;/t17-,18-;;;/m1.../s1. The van der Waals surface area contributed by atoms with Crippen molar-refractivity contribution >= 4 is 35.5 Å². The first-order valence-corrected chi connectivity index (χ1v) is 10.1. The maximum atomic E-state index is 11.1. The molecule has 4 heteroatoms. The van der Waals surface area contributed by atoms with E-state index in [4.69, 9.17) is 0 Å². The minimum absolute atomic E-state index is 0. The van der Waals surface area contributed by atoms with Crippen molar-refractivity contribution in [3.8, 4) is 0 Å². The molecule has 0 aliphatic heterocycles. The molecule has 0 heterocycles. The van der Waals surface area contributed by atoms with Gasteiger partial charge in [-0.25, -0.2) is 0 Å². The zero-order valence-corrected chi connectivity index (χ0v) is 17.7. The van der Waals surface area contributed by atoms with Gasteiger partial charge in [-0.3, -0.25) is 0 Å². The summed E-state index contributed by atoms with van der Waals surface area (Å²) in [6.07, 6.45) is 13.3. The average molecular weight is 432 g/mol. The Morgan fingerprint density at radius 3 is 1.83 bits per heavy atom. The average Bonchev–Trinajstić information content (AvgIpc) is 2.46. The van der Waals surface area contributed by atoms with E-state index in [1.807, 2.05) is 6.92 Å². The molecule has 24 heavy (non-hydrogen) atoms. The normalized spacial score (nSPS) is 14.2. The molecule has 0 aromatic rings. The van der Waals surface area contributed by atoms with E-state index in [0.717, 1.165) is 29.7 Å². The van der Waals surface area contributed by atoms with Crippen LogP contribution in [0.4, 0.5) is 0 Å². The van der Waals surface area contributed by atoms with Crippen LogP contribution in [0, 0.1) is 17.8 Å². The number of hydrogen-bond donors (Lipinski definition) is 0. The van der Waals surface area contributed by atoms with E-state index in [1.54, 1.807) is 25.3 Å². The Labute approximate surface area is 183 Å². The molecule has 2 nitrogen and oxygen atoms in total. The molecular weight excluding hydrogens is 393 g/mol. The van der Waals surface area contributed by atoms with Gasteiger partial charge in [-0.05, 0) is 5.92 Å². The molecule has 0 unspecified atom stereocenters. The molecule has 0 N–H and O–H groups in total. The van der Waals surface area contributed by atoms with E-state index in [9.17, 15) is 4.79 Å². The van der Waals surface area contributed by atoms with Gasteiger partial charge in [0.05, 0.1) is 0 Å². The second-order valence-electron chi connectivity index (χ2n) is 7.75. The van der Waals surface area contributed by atoms with Crippen molar-refractivity contribution in [1.82, 2.24) is 0 Å². The van der Waals surface area contributed by atoms with Crippen molar-refractivity contribution in [3.05, 3.63) is 11.6 Å². The molecule has 0 amide bonds. The third-order valence-corrected chi connectivity index (χ3v) is 4.95. The van der Waals surface area contributed by atoms with Gasteiger partial charge in [-0.2, -0.15) is 0 Å². The number of carbonyl (C=O) groups is 1. The van der Waals surface area contributed by atoms with Crippen LogP contribution in [0.15, 0.2) is 11.6 Å². The maximum absolute atomic E-state index is 11.1. The van der Waals surface area contributed by atoms with Gasteiger partial charge in [0.2, 0.25) is 0 Å². The number of rotatable bonds is 13. The van der Waals surface area contributed by atoms with Crippen molar-refractivity contribution in [2.75, 3.05) is 0 Å². The van der Waals surface area contributed by atoms with Crippen LogP contribution in [0.5, 0.6) is 0 Å². The molecule has 2 atom stereocenters. The van der Waals surface area contributed by atoms with Crippen LogP contribution in [0.25, 0.3) is 0 Å². The Bertz CT molecular complexity index is 343. The predicted molar refractivity (Wildman–Crippen MR) is 102 cm³/mol. The SMILES string of the molecule is C/C(=C\C(=O)[O][Tc])CCC[C@H](C)CCC[C@H](C)CCCC(C)C.[NaH]. The van der Waals surface area contributed by atoms with E-state index in [-0.39, 0.29) is 35.5 Å². The van der Waals surface area contributed by atoms with Crippen LogP contribution in [0.3, 0.4) is 0 Å². The molecule has 138 valence electrons. The topological polar surface area (TPSA) is 26.3 Å². The number of carbonyl (C=O) groups excluding carboxylic acids is 1. The Morgan fingerprint density at radius 2 is 1.38 bits per heavy atom. The third-order valence-electron chi connectivity index (χ3n) is 4.58. The Kier molecular flexibility index (Phi) is 19.5. The Morgan fingerprint density at radius 1 is 0.917 bits per heavy atom. The summed E-state index contributed by atoms with van der Waals surface area (Å²) in [7, 11) is 0. The summed E-state index contributed by atoms with van der Waals surface area (Å²) in [5.41, 5.74) is 1.12. The Hall–Kier alpha value is 0.859. The number of hydrogen-bond acceptors (Lipinski definition) is 2. The molecule has 0 saturated heterocycles. The van der Waals surface area contributed by atoms with E-state index in [2.05, 4.69) is 31.2 Å². The molecule has 0 aromatic heterocycles. The molecule has 0 bridgehead atoms. The summed E-state index contributed by atoms with van der Waals surface area (Å²) < 4.78 is 4.62. The minimum atomic E-state index is -0.248. The fourth-order valence-electron chi connectivity index (χ4n) is 3.00. The summed E-state index contributed by atoms with van der Waals surface area (Å²) in [5, 5.41) is 0. The van der Waals surface area contributed by atoms with Crippen LogP contribution in [0.1, 0.15) is 92.4 Å². The molecule has 0 radical (unpaired) electrons. The van der Waals surface area contributed by atoms with Crippen molar-refractivity contribution < 1.29 is 27.6 Å². The van der Waals surface area contributed by atoms with Crippen molar-refractivity contribution in [1.29, 1.82) is 0 Å². The first-order chi connectivity index (χ1) is 10.8. The molecule has 0 aromatic carbocycles. The molecule has 0 aliphatic rings. The summed E-state index contributed by atoms with van der Waals surface area (Å²) in [5.74, 6) is 2.27. The molecule has 0 spiro atoms. The van der Waals surface area contributed by atoms with Gasteiger partial charge < -0.3 is 0 Å². The first kappa shape index (κ1) is 27.1. The summed E-state index contributed by atoms with van der Waals surface area (Å²) in [6, 6.07) is 0. The van der Waals surface area contributed by atoms with Gasteiger partial charge in [0.1, 0.15) is 0 Å².